The van der Waals surface area contributed by atoms with Gasteiger partial charge < -0.3 is 5.32 Å². The summed E-state index contributed by atoms with van der Waals surface area (Å²) in [5, 5.41) is 4.68. The van der Waals surface area contributed by atoms with Crippen LogP contribution < -0.4 is 15.8 Å². The molecule has 1 aromatic carbocycles. The maximum absolute atomic E-state index is 12.0. The minimum Gasteiger partial charge on any atom is -0.317 e. The molecule has 1 aliphatic carbocycles. The number of nitrogens with one attached hydrogen (secondary N) is 2. The number of anilines is 1. The zero-order valence-corrected chi connectivity index (χ0v) is 10.2. The maximum atomic E-state index is 12.0. The third kappa shape index (κ3) is 1.69. The van der Waals surface area contributed by atoms with E-state index in [2.05, 4.69) is 17.7 Å². The van der Waals surface area contributed by atoms with Crippen molar-refractivity contribution in [1.29, 1.82) is 0 Å². The Hall–Kier alpha value is -1.55. The van der Waals surface area contributed by atoms with Gasteiger partial charge in [-0.05, 0) is 44.2 Å². The number of amides is 2. The molecular formula is C13H17N3O. The van der Waals surface area contributed by atoms with Crippen LogP contribution in [0.2, 0.25) is 0 Å². The van der Waals surface area contributed by atoms with Crippen LogP contribution in [0.4, 0.5) is 10.5 Å². The van der Waals surface area contributed by atoms with Crippen molar-refractivity contribution in [2.24, 2.45) is 5.92 Å². The quantitative estimate of drug-likeness (QED) is 0.819. The van der Waals surface area contributed by atoms with E-state index in [4.69, 9.17) is 0 Å². The van der Waals surface area contributed by atoms with Crippen molar-refractivity contribution in [1.82, 2.24) is 10.7 Å². The second-order valence-electron chi connectivity index (χ2n) is 5.14. The van der Waals surface area contributed by atoms with Crippen LogP contribution in [0.1, 0.15) is 25.3 Å². The van der Waals surface area contributed by atoms with E-state index in [0.29, 0.717) is 5.92 Å². The van der Waals surface area contributed by atoms with Gasteiger partial charge in [-0.2, -0.15) is 0 Å². The van der Waals surface area contributed by atoms with Crippen LogP contribution in [-0.2, 0) is 0 Å². The fourth-order valence-corrected chi connectivity index (χ4v) is 2.43. The molecule has 1 heterocycles. The molecule has 1 saturated heterocycles. The molecule has 0 spiro atoms. The van der Waals surface area contributed by atoms with Crippen LogP contribution in [0, 0.1) is 12.8 Å². The van der Waals surface area contributed by atoms with E-state index in [1.807, 2.05) is 31.2 Å². The van der Waals surface area contributed by atoms with Crippen LogP contribution >= 0.6 is 0 Å². The second-order valence-corrected chi connectivity index (χ2v) is 5.14. The van der Waals surface area contributed by atoms with Crippen LogP contribution in [0.25, 0.3) is 0 Å². The molecular weight excluding hydrogens is 214 g/mol. The Kier molecular flexibility index (Phi) is 2.16. The van der Waals surface area contributed by atoms with E-state index >= 15 is 0 Å². The highest BCUT2D eigenvalue weighted by atomic mass is 16.2. The largest absolute Gasteiger partial charge is 0.338 e. The summed E-state index contributed by atoms with van der Waals surface area (Å²) in [6.45, 7) is 4.07. The molecule has 17 heavy (non-hydrogen) atoms. The Morgan fingerprint density at radius 2 is 2.06 bits per heavy atom. The smallest absolute Gasteiger partial charge is 0.317 e. The molecule has 0 radical (unpaired) electrons. The molecule has 2 aliphatic rings. The molecule has 2 fully saturated rings. The van der Waals surface area contributed by atoms with E-state index in [-0.39, 0.29) is 11.7 Å². The van der Waals surface area contributed by atoms with Gasteiger partial charge in [0.2, 0.25) is 0 Å². The number of hydrogen-bond donors (Lipinski definition) is 2. The molecule has 1 aromatic rings. The summed E-state index contributed by atoms with van der Waals surface area (Å²) in [6.07, 6.45) is 2.37. The Bertz CT molecular complexity index is 469. The van der Waals surface area contributed by atoms with Crippen molar-refractivity contribution in [2.45, 2.75) is 32.4 Å². The van der Waals surface area contributed by atoms with Crippen LogP contribution in [0.5, 0.6) is 0 Å². The van der Waals surface area contributed by atoms with Gasteiger partial charge in [0.05, 0.1) is 5.69 Å². The molecule has 90 valence electrons. The van der Waals surface area contributed by atoms with E-state index in [0.717, 1.165) is 11.3 Å². The van der Waals surface area contributed by atoms with E-state index < -0.39 is 0 Å². The van der Waals surface area contributed by atoms with Gasteiger partial charge in [0.25, 0.3) is 0 Å². The summed E-state index contributed by atoms with van der Waals surface area (Å²) in [6, 6.07) is 7.84. The molecule has 1 saturated carbocycles. The molecule has 0 aromatic heterocycles. The van der Waals surface area contributed by atoms with Crippen molar-refractivity contribution >= 4 is 11.7 Å². The monoisotopic (exact) mass is 231 g/mol. The molecule has 0 unspecified atom stereocenters. The molecule has 4 heteroatoms. The molecule has 1 aliphatic heterocycles. The summed E-state index contributed by atoms with van der Waals surface area (Å²) in [7, 11) is 0. The molecule has 2 amide bonds. The van der Waals surface area contributed by atoms with E-state index in [9.17, 15) is 4.79 Å². The SMILES string of the molecule is Cc1ccccc1N1N[C@](C)(C2CC2)NC1=O. The lowest BCUT2D eigenvalue weighted by atomic mass is 10.1. The maximum Gasteiger partial charge on any atom is 0.338 e. The first-order valence-corrected chi connectivity index (χ1v) is 6.06. The summed E-state index contributed by atoms with van der Waals surface area (Å²) in [4.78, 5) is 12.0. The fraction of sp³-hybridized carbons (Fsp3) is 0.462. The number of carbonyl (C=O) groups excluding carboxylic acids is 1. The van der Waals surface area contributed by atoms with Crippen molar-refractivity contribution in [3.05, 3.63) is 29.8 Å². The van der Waals surface area contributed by atoms with Gasteiger partial charge in [-0.25, -0.2) is 15.2 Å². The van der Waals surface area contributed by atoms with Crippen molar-refractivity contribution in [2.75, 3.05) is 5.01 Å². The van der Waals surface area contributed by atoms with Gasteiger partial charge >= 0.3 is 6.03 Å². The Balaban J connectivity index is 1.90. The highest BCUT2D eigenvalue weighted by Gasteiger charge is 2.49. The Labute approximate surface area is 101 Å². The summed E-state index contributed by atoms with van der Waals surface area (Å²) >= 11 is 0. The average molecular weight is 231 g/mol. The van der Waals surface area contributed by atoms with Crippen LogP contribution in [-0.4, -0.2) is 11.7 Å². The molecule has 1 atom stereocenters. The molecule has 2 N–H and O–H groups in total. The average Bonchev–Trinajstić information content (AvgIpc) is 3.07. The van der Waals surface area contributed by atoms with E-state index in [1.54, 1.807) is 5.01 Å². The summed E-state index contributed by atoms with van der Waals surface area (Å²) in [5.74, 6) is 0.556. The van der Waals surface area contributed by atoms with Gasteiger partial charge in [0.15, 0.2) is 0 Å². The van der Waals surface area contributed by atoms with Crippen molar-refractivity contribution < 1.29 is 4.79 Å². The number of hydrogen-bond acceptors (Lipinski definition) is 2. The topological polar surface area (TPSA) is 44.4 Å². The van der Waals surface area contributed by atoms with E-state index in [1.165, 1.54) is 12.8 Å². The van der Waals surface area contributed by atoms with Gasteiger partial charge in [-0.1, -0.05) is 18.2 Å². The zero-order valence-electron chi connectivity index (χ0n) is 10.2. The number of nitrogens with zero attached hydrogens (tertiary/aromatic N) is 1. The summed E-state index contributed by atoms with van der Waals surface area (Å²) < 4.78 is 0. The number of carbonyl (C=O) groups is 1. The fourth-order valence-electron chi connectivity index (χ4n) is 2.43. The third-order valence-electron chi connectivity index (χ3n) is 3.66. The number of benzene rings is 1. The standard InChI is InChI=1S/C13H17N3O/c1-9-5-3-4-6-11(9)16-12(17)14-13(2,15-16)10-7-8-10/h3-6,10,15H,7-8H2,1-2H3,(H,14,17)/t13-/m1/s1. The van der Waals surface area contributed by atoms with Gasteiger partial charge in [0, 0.05) is 0 Å². The van der Waals surface area contributed by atoms with Crippen LogP contribution in [0.3, 0.4) is 0 Å². The molecule has 3 rings (SSSR count). The van der Waals surface area contributed by atoms with Crippen LogP contribution in [0.15, 0.2) is 24.3 Å². The lowest BCUT2D eigenvalue weighted by molar-refractivity contribution is 0.245. The van der Waals surface area contributed by atoms with Gasteiger partial charge in [-0.15, -0.1) is 0 Å². The first-order valence-electron chi connectivity index (χ1n) is 6.06. The lowest BCUT2D eigenvalue weighted by Crippen LogP contribution is -2.50. The van der Waals surface area contributed by atoms with Crippen molar-refractivity contribution in [3.63, 3.8) is 0 Å². The molecule has 0 bridgehead atoms. The third-order valence-corrected chi connectivity index (χ3v) is 3.66. The number of para-hydroxylation sites is 1. The predicted octanol–water partition coefficient (Wildman–Crippen LogP) is 2.16. The minimum atomic E-state index is -0.278. The normalized spacial score (nSPS) is 28.4. The van der Waals surface area contributed by atoms with Crippen molar-refractivity contribution in [3.8, 4) is 0 Å². The number of hydrazine groups is 1. The number of urea groups is 1. The highest BCUT2D eigenvalue weighted by Crippen LogP contribution is 2.40. The Morgan fingerprint density at radius 1 is 1.35 bits per heavy atom. The number of rotatable bonds is 2. The number of aryl methyl sites for hydroxylation is 1. The lowest BCUT2D eigenvalue weighted by Gasteiger charge is -2.25. The predicted molar refractivity (Wildman–Crippen MR) is 66.5 cm³/mol. The Morgan fingerprint density at radius 3 is 2.71 bits per heavy atom. The minimum absolute atomic E-state index is 0.0614. The highest BCUT2D eigenvalue weighted by molar-refractivity contribution is 5.94. The van der Waals surface area contributed by atoms with Gasteiger partial charge in [-0.3, -0.25) is 0 Å². The van der Waals surface area contributed by atoms with Gasteiger partial charge in [0.1, 0.15) is 5.66 Å². The summed E-state index contributed by atoms with van der Waals surface area (Å²) in [5.41, 5.74) is 5.05. The molecule has 4 nitrogen and oxygen atoms in total. The second kappa shape index (κ2) is 3.47. The zero-order chi connectivity index (χ0) is 12.0. The first-order chi connectivity index (χ1) is 8.10. The first kappa shape index (κ1) is 10.6.